The number of nitrogens with two attached hydrogens (primary N) is 1. The topological polar surface area (TPSA) is 62.5 Å². The number of nitrogens with zero attached hydrogens (tertiary/aromatic N) is 3. The lowest BCUT2D eigenvalue weighted by Gasteiger charge is -2.34. The first kappa shape index (κ1) is 16.2. The van der Waals surface area contributed by atoms with Crippen LogP contribution in [0.2, 0.25) is 0 Å². The number of amides is 1. The summed E-state index contributed by atoms with van der Waals surface area (Å²) in [6.45, 7) is 4.68. The molecule has 2 heterocycles. The number of piperazine rings is 1. The van der Waals surface area contributed by atoms with E-state index in [1.165, 1.54) is 5.56 Å². The first-order chi connectivity index (χ1) is 11.7. The van der Waals surface area contributed by atoms with Crippen LogP contribution in [0.15, 0.2) is 54.7 Å². The quantitative estimate of drug-likeness (QED) is 0.915. The van der Waals surface area contributed by atoms with Crippen molar-refractivity contribution in [2.45, 2.75) is 0 Å². The van der Waals surface area contributed by atoms with Crippen LogP contribution in [0.1, 0.15) is 15.9 Å². The van der Waals surface area contributed by atoms with Gasteiger partial charge in [-0.2, -0.15) is 0 Å². The van der Waals surface area contributed by atoms with Gasteiger partial charge in [-0.15, -0.1) is 0 Å². The minimum atomic E-state index is -0.414. The second-order valence-electron chi connectivity index (χ2n) is 5.87. The van der Waals surface area contributed by atoms with E-state index >= 15 is 0 Å². The first-order valence-corrected chi connectivity index (χ1v) is 8.17. The zero-order chi connectivity index (χ0) is 16.8. The highest BCUT2D eigenvalue weighted by molar-refractivity contribution is 5.93. The summed E-state index contributed by atoms with van der Waals surface area (Å²) in [6, 6.07) is 13.7. The summed E-state index contributed by atoms with van der Waals surface area (Å²) in [6.07, 6.45) is 6.01. The smallest absolute Gasteiger partial charge is 0.248 e. The Balaban J connectivity index is 1.51. The number of rotatable bonds is 5. The first-order valence-electron chi connectivity index (χ1n) is 8.17. The van der Waals surface area contributed by atoms with Gasteiger partial charge in [-0.3, -0.25) is 9.69 Å². The lowest BCUT2D eigenvalue weighted by atomic mass is 10.2. The number of primary amides is 1. The summed E-state index contributed by atoms with van der Waals surface area (Å²) in [4.78, 5) is 20.3. The Kier molecular flexibility index (Phi) is 5.23. The second kappa shape index (κ2) is 7.75. The molecule has 1 aliphatic rings. The fourth-order valence-electron chi connectivity index (χ4n) is 2.81. The summed E-state index contributed by atoms with van der Waals surface area (Å²) in [5.74, 6) is 0.411. The molecule has 1 fully saturated rings. The Morgan fingerprint density at radius 2 is 1.88 bits per heavy atom. The van der Waals surface area contributed by atoms with Gasteiger partial charge in [0.05, 0.1) is 0 Å². The highest BCUT2D eigenvalue weighted by Crippen LogP contribution is 2.15. The molecule has 0 radical (unpaired) electrons. The van der Waals surface area contributed by atoms with E-state index in [9.17, 15) is 4.79 Å². The van der Waals surface area contributed by atoms with E-state index < -0.39 is 5.91 Å². The van der Waals surface area contributed by atoms with Gasteiger partial charge in [0, 0.05) is 44.5 Å². The Morgan fingerprint density at radius 3 is 2.58 bits per heavy atom. The van der Waals surface area contributed by atoms with Crippen LogP contribution in [0.4, 0.5) is 5.82 Å². The van der Waals surface area contributed by atoms with Gasteiger partial charge in [0.1, 0.15) is 5.82 Å². The second-order valence-corrected chi connectivity index (χ2v) is 5.87. The van der Waals surface area contributed by atoms with E-state index in [1.54, 1.807) is 18.3 Å². The molecule has 1 aliphatic heterocycles. The minimum Gasteiger partial charge on any atom is -0.366 e. The lowest BCUT2D eigenvalue weighted by molar-refractivity contribution is 0.1000. The van der Waals surface area contributed by atoms with Crippen molar-refractivity contribution in [3.8, 4) is 0 Å². The molecule has 5 heteroatoms. The van der Waals surface area contributed by atoms with Gasteiger partial charge in [0.2, 0.25) is 5.91 Å². The van der Waals surface area contributed by atoms with Crippen LogP contribution in [0.5, 0.6) is 0 Å². The van der Waals surface area contributed by atoms with E-state index in [2.05, 4.69) is 39.1 Å². The molecule has 0 saturated carbocycles. The van der Waals surface area contributed by atoms with Crippen molar-refractivity contribution in [1.82, 2.24) is 9.88 Å². The third-order valence-electron chi connectivity index (χ3n) is 4.20. The number of carbonyl (C=O) groups excluding carboxylic acids is 1. The lowest BCUT2D eigenvalue weighted by Crippen LogP contribution is -2.46. The maximum absolute atomic E-state index is 11.3. The van der Waals surface area contributed by atoms with E-state index in [-0.39, 0.29) is 0 Å². The van der Waals surface area contributed by atoms with Crippen molar-refractivity contribution < 1.29 is 4.79 Å². The van der Waals surface area contributed by atoms with Crippen LogP contribution < -0.4 is 10.6 Å². The van der Waals surface area contributed by atoms with Gasteiger partial charge in [0.15, 0.2) is 0 Å². The van der Waals surface area contributed by atoms with Crippen LogP contribution in [0.25, 0.3) is 6.08 Å². The standard InChI is InChI=1S/C19H22N4O/c20-19(24)17-8-9-21-18(15-17)23-13-11-22(12-14-23)10-4-7-16-5-2-1-3-6-16/h1-9,15H,10-14H2,(H2,20,24)/b7-4+. The summed E-state index contributed by atoms with van der Waals surface area (Å²) in [7, 11) is 0. The molecule has 0 bridgehead atoms. The van der Waals surface area contributed by atoms with Crippen molar-refractivity contribution in [2.24, 2.45) is 5.73 Å². The summed E-state index contributed by atoms with van der Waals surface area (Å²) < 4.78 is 0. The van der Waals surface area contributed by atoms with E-state index in [1.807, 2.05) is 18.2 Å². The van der Waals surface area contributed by atoms with Crippen molar-refractivity contribution in [3.63, 3.8) is 0 Å². The molecular formula is C19H22N4O. The molecular weight excluding hydrogens is 300 g/mol. The third-order valence-corrected chi connectivity index (χ3v) is 4.20. The highest BCUT2D eigenvalue weighted by Gasteiger charge is 2.17. The number of carbonyl (C=O) groups is 1. The van der Waals surface area contributed by atoms with Gasteiger partial charge in [-0.05, 0) is 17.7 Å². The van der Waals surface area contributed by atoms with Crippen molar-refractivity contribution >= 4 is 17.8 Å². The number of benzene rings is 1. The van der Waals surface area contributed by atoms with Crippen molar-refractivity contribution in [1.29, 1.82) is 0 Å². The van der Waals surface area contributed by atoms with Gasteiger partial charge < -0.3 is 10.6 Å². The molecule has 1 amide bonds. The molecule has 5 nitrogen and oxygen atoms in total. The molecule has 24 heavy (non-hydrogen) atoms. The zero-order valence-corrected chi connectivity index (χ0v) is 13.6. The molecule has 124 valence electrons. The van der Waals surface area contributed by atoms with E-state index in [0.717, 1.165) is 38.5 Å². The van der Waals surface area contributed by atoms with Gasteiger partial charge in [-0.25, -0.2) is 4.98 Å². The van der Waals surface area contributed by atoms with E-state index in [0.29, 0.717) is 5.56 Å². The molecule has 1 aromatic heterocycles. The predicted molar refractivity (Wildman–Crippen MR) is 96.9 cm³/mol. The molecule has 1 aromatic carbocycles. The fourth-order valence-corrected chi connectivity index (χ4v) is 2.81. The Labute approximate surface area is 142 Å². The summed E-state index contributed by atoms with van der Waals surface area (Å²) >= 11 is 0. The van der Waals surface area contributed by atoms with Crippen molar-refractivity contribution in [3.05, 3.63) is 65.9 Å². The van der Waals surface area contributed by atoms with Crippen LogP contribution in [-0.4, -0.2) is 48.5 Å². The monoisotopic (exact) mass is 322 g/mol. The molecule has 0 spiro atoms. The molecule has 2 aromatic rings. The Hall–Kier alpha value is -2.66. The maximum Gasteiger partial charge on any atom is 0.248 e. The Morgan fingerprint density at radius 1 is 1.12 bits per heavy atom. The Bertz CT molecular complexity index is 706. The molecule has 0 unspecified atom stereocenters. The number of pyridine rings is 1. The maximum atomic E-state index is 11.3. The van der Waals surface area contributed by atoms with Gasteiger partial charge >= 0.3 is 0 Å². The van der Waals surface area contributed by atoms with Gasteiger partial charge in [0.25, 0.3) is 0 Å². The highest BCUT2D eigenvalue weighted by atomic mass is 16.1. The van der Waals surface area contributed by atoms with E-state index in [4.69, 9.17) is 5.73 Å². The predicted octanol–water partition coefficient (Wildman–Crippen LogP) is 2.02. The normalized spacial score (nSPS) is 15.8. The number of hydrogen-bond donors (Lipinski definition) is 1. The molecule has 0 atom stereocenters. The van der Waals surface area contributed by atoms with Crippen LogP contribution >= 0.6 is 0 Å². The summed E-state index contributed by atoms with van der Waals surface area (Å²) in [5.41, 5.74) is 7.07. The van der Waals surface area contributed by atoms with Crippen LogP contribution in [0, 0.1) is 0 Å². The van der Waals surface area contributed by atoms with Crippen LogP contribution in [0.3, 0.4) is 0 Å². The average molecular weight is 322 g/mol. The van der Waals surface area contributed by atoms with Crippen LogP contribution in [-0.2, 0) is 0 Å². The fraction of sp³-hybridized carbons (Fsp3) is 0.263. The number of hydrogen-bond acceptors (Lipinski definition) is 4. The SMILES string of the molecule is NC(=O)c1ccnc(N2CCN(C/C=C/c3ccccc3)CC2)c1. The zero-order valence-electron chi connectivity index (χ0n) is 13.6. The average Bonchev–Trinajstić information content (AvgIpc) is 2.63. The minimum absolute atomic E-state index is 0.414. The summed E-state index contributed by atoms with van der Waals surface area (Å²) in [5, 5.41) is 0. The largest absolute Gasteiger partial charge is 0.366 e. The number of anilines is 1. The van der Waals surface area contributed by atoms with Crippen molar-refractivity contribution in [2.75, 3.05) is 37.6 Å². The molecule has 0 aliphatic carbocycles. The molecule has 3 rings (SSSR count). The molecule has 2 N–H and O–H groups in total. The van der Waals surface area contributed by atoms with Gasteiger partial charge in [-0.1, -0.05) is 42.5 Å². The number of aromatic nitrogens is 1. The third kappa shape index (κ3) is 4.20. The molecule has 1 saturated heterocycles.